The Labute approximate surface area is 60.3 Å². The summed E-state index contributed by atoms with van der Waals surface area (Å²) in [5.41, 5.74) is 4.42. The molecule has 2 unspecified atom stereocenters. The third-order valence-corrected chi connectivity index (χ3v) is 2.05. The Hall–Kier alpha value is -1.05. The second kappa shape index (κ2) is 1.97. The quantitative estimate of drug-likeness (QED) is 0.526. The Morgan fingerprint density at radius 3 is 3.30 bits per heavy atom. The third-order valence-electron chi connectivity index (χ3n) is 2.05. The molecule has 2 aliphatic rings. The van der Waals surface area contributed by atoms with E-state index in [-0.39, 0.29) is 0 Å². The van der Waals surface area contributed by atoms with E-state index in [1.165, 1.54) is 5.57 Å². The minimum absolute atomic E-state index is 0.421. The van der Waals surface area contributed by atoms with Crippen molar-refractivity contribution >= 4 is 6.21 Å². The highest BCUT2D eigenvalue weighted by Crippen LogP contribution is 2.21. The molecule has 1 N–H and O–H groups in total. The van der Waals surface area contributed by atoms with Gasteiger partial charge in [0.05, 0.1) is 6.04 Å². The Morgan fingerprint density at radius 2 is 2.50 bits per heavy atom. The molecule has 2 atom stereocenters. The highest BCUT2D eigenvalue weighted by Gasteiger charge is 2.24. The van der Waals surface area contributed by atoms with Gasteiger partial charge in [-0.05, 0) is 6.92 Å². The molecule has 0 fully saturated rings. The van der Waals surface area contributed by atoms with Gasteiger partial charge in [0.2, 0.25) is 0 Å². The lowest BCUT2D eigenvalue weighted by molar-refractivity contribution is 0.603. The van der Waals surface area contributed by atoms with Crippen molar-refractivity contribution in [1.29, 1.82) is 0 Å². The SMILES string of the molecule is CC1=CC=CC2NN=CC12. The van der Waals surface area contributed by atoms with Crippen molar-refractivity contribution in [3.05, 3.63) is 23.8 Å². The molecule has 1 aliphatic carbocycles. The van der Waals surface area contributed by atoms with Crippen LogP contribution >= 0.6 is 0 Å². The van der Waals surface area contributed by atoms with Gasteiger partial charge >= 0.3 is 0 Å². The second-order valence-electron chi connectivity index (χ2n) is 2.75. The van der Waals surface area contributed by atoms with Crippen LogP contribution in [0.2, 0.25) is 0 Å². The summed E-state index contributed by atoms with van der Waals surface area (Å²) >= 11 is 0. The van der Waals surface area contributed by atoms with Crippen LogP contribution in [-0.2, 0) is 0 Å². The number of rotatable bonds is 0. The second-order valence-corrected chi connectivity index (χ2v) is 2.75. The van der Waals surface area contributed by atoms with Crippen LogP contribution in [0.25, 0.3) is 0 Å². The monoisotopic (exact) mass is 134 g/mol. The molecule has 10 heavy (non-hydrogen) atoms. The highest BCUT2D eigenvalue weighted by molar-refractivity contribution is 5.69. The molecule has 0 aromatic heterocycles. The number of nitrogens with zero attached hydrogens (tertiary/aromatic N) is 1. The van der Waals surface area contributed by atoms with E-state index in [9.17, 15) is 0 Å². The Bertz CT molecular complexity index is 225. The largest absolute Gasteiger partial charge is 0.302 e. The van der Waals surface area contributed by atoms with Gasteiger partial charge in [0.25, 0.3) is 0 Å². The summed E-state index contributed by atoms with van der Waals surface area (Å²) in [6.07, 6.45) is 8.34. The predicted octanol–water partition coefficient (Wildman–Crippen LogP) is 1.08. The molecule has 0 aromatic rings. The Balaban J connectivity index is 2.30. The van der Waals surface area contributed by atoms with E-state index >= 15 is 0 Å². The maximum atomic E-state index is 4.01. The lowest BCUT2D eigenvalue weighted by Crippen LogP contribution is -2.27. The van der Waals surface area contributed by atoms with Crippen LogP contribution in [0.3, 0.4) is 0 Å². The molecular formula is C8H10N2. The van der Waals surface area contributed by atoms with Crippen molar-refractivity contribution in [2.75, 3.05) is 0 Å². The van der Waals surface area contributed by atoms with Gasteiger partial charge < -0.3 is 5.43 Å². The molecule has 2 nitrogen and oxygen atoms in total. The molecule has 0 radical (unpaired) electrons. The molecule has 2 heteroatoms. The van der Waals surface area contributed by atoms with E-state index in [0.29, 0.717) is 12.0 Å². The van der Waals surface area contributed by atoms with Crippen LogP contribution in [0.5, 0.6) is 0 Å². The van der Waals surface area contributed by atoms with Crippen LogP contribution in [0.1, 0.15) is 6.92 Å². The summed E-state index contributed by atoms with van der Waals surface area (Å²) in [6, 6.07) is 0.421. The lowest BCUT2D eigenvalue weighted by atomic mass is 9.91. The zero-order chi connectivity index (χ0) is 6.97. The average molecular weight is 134 g/mol. The van der Waals surface area contributed by atoms with E-state index in [1.54, 1.807) is 0 Å². The molecule has 0 amide bonds. The summed E-state index contributed by atoms with van der Waals surface area (Å²) in [6.45, 7) is 2.14. The number of hydrogen-bond acceptors (Lipinski definition) is 2. The summed E-state index contributed by atoms with van der Waals surface area (Å²) in [5, 5.41) is 4.01. The molecule has 52 valence electrons. The van der Waals surface area contributed by atoms with E-state index in [2.05, 4.69) is 35.7 Å². The summed E-state index contributed by atoms with van der Waals surface area (Å²) in [4.78, 5) is 0. The highest BCUT2D eigenvalue weighted by atomic mass is 15.3. The third kappa shape index (κ3) is 0.685. The maximum Gasteiger partial charge on any atom is 0.0738 e. The first-order valence-corrected chi connectivity index (χ1v) is 3.51. The molecule has 0 spiro atoms. The molecule has 0 bridgehead atoms. The minimum Gasteiger partial charge on any atom is -0.302 e. The Morgan fingerprint density at radius 1 is 1.60 bits per heavy atom. The molecule has 0 saturated carbocycles. The minimum atomic E-state index is 0.421. The van der Waals surface area contributed by atoms with Crippen LogP contribution in [-0.4, -0.2) is 12.3 Å². The average Bonchev–Trinajstić information content (AvgIpc) is 2.36. The first-order chi connectivity index (χ1) is 4.88. The summed E-state index contributed by atoms with van der Waals surface area (Å²) in [7, 11) is 0. The standard InChI is InChI=1S/C8H10N2/c1-6-3-2-4-8-7(6)5-9-10-8/h2-5,7-8,10H,1H3. The van der Waals surface area contributed by atoms with Gasteiger partial charge in [-0.3, -0.25) is 0 Å². The van der Waals surface area contributed by atoms with Crippen molar-refractivity contribution in [2.24, 2.45) is 11.0 Å². The smallest absolute Gasteiger partial charge is 0.0738 e. The fraction of sp³-hybridized carbons (Fsp3) is 0.375. The molecule has 1 heterocycles. The van der Waals surface area contributed by atoms with Crippen molar-refractivity contribution < 1.29 is 0 Å². The molecule has 0 saturated heterocycles. The molecule has 2 rings (SSSR count). The first kappa shape index (κ1) is 5.71. The van der Waals surface area contributed by atoms with Crippen molar-refractivity contribution in [1.82, 2.24) is 5.43 Å². The van der Waals surface area contributed by atoms with Gasteiger partial charge in [-0.2, -0.15) is 5.10 Å². The summed E-state index contributed by atoms with van der Waals surface area (Å²) in [5.74, 6) is 0.505. The normalized spacial score (nSPS) is 35.1. The molecular weight excluding hydrogens is 124 g/mol. The first-order valence-electron chi connectivity index (χ1n) is 3.51. The zero-order valence-electron chi connectivity index (χ0n) is 5.91. The van der Waals surface area contributed by atoms with Gasteiger partial charge in [0.15, 0.2) is 0 Å². The zero-order valence-corrected chi connectivity index (χ0v) is 5.91. The van der Waals surface area contributed by atoms with Crippen LogP contribution in [0.15, 0.2) is 28.9 Å². The van der Waals surface area contributed by atoms with Gasteiger partial charge in [0.1, 0.15) is 0 Å². The van der Waals surface area contributed by atoms with Crippen molar-refractivity contribution in [3.63, 3.8) is 0 Å². The van der Waals surface area contributed by atoms with Gasteiger partial charge in [-0.15, -0.1) is 0 Å². The molecule has 0 aromatic carbocycles. The van der Waals surface area contributed by atoms with E-state index in [0.717, 1.165) is 0 Å². The topological polar surface area (TPSA) is 24.4 Å². The van der Waals surface area contributed by atoms with Crippen molar-refractivity contribution in [3.8, 4) is 0 Å². The lowest BCUT2D eigenvalue weighted by Gasteiger charge is -2.17. The van der Waals surface area contributed by atoms with Gasteiger partial charge in [0, 0.05) is 12.1 Å². The van der Waals surface area contributed by atoms with E-state index < -0.39 is 0 Å². The predicted molar refractivity (Wildman–Crippen MR) is 41.8 cm³/mol. The van der Waals surface area contributed by atoms with Crippen LogP contribution in [0, 0.1) is 5.92 Å². The van der Waals surface area contributed by atoms with Gasteiger partial charge in [-0.25, -0.2) is 0 Å². The fourth-order valence-electron chi connectivity index (χ4n) is 1.38. The van der Waals surface area contributed by atoms with Crippen LogP contribution in [0.4, 0.5) is 0 Å². The number of nitrogens with one attached hydrogen (secondary N) is 1. The number of hydrazone groups is 1. The molecule has 1 aliphatic heterocycles. The van der Waals surface area contributed by atoms with E-state index in [4.69, 9.17) is 0 Å². The van der Waals surface area contributed by atoms with Crippen LogP contribution < -0.4 is 5.43 Å². The van der Waals surface area contributed by atoms with Gasteiger partial charge in [-0.1, -0.05) is 23.8 Å². The van der Waals surface area contributed by atoms with Crippen molar-refractivity contribution in [2.45, 2.75) is 13.0 Å². The Kier molecular flexibility index (Phi) is 1.13. The fourth-order valence-corrected chi connectivity index (χ4v) is 1.38. The number of fused-ring (bicyclic) bond motifs is 1. The maximum absolute atomic E-state index is 4.01. The summed E-state index contributed by atoms with van der Waals surface area (Å²) < 4.78 is 0. The number of allylic oxidation sites excluding steroid dienone is 2. The van der Waals surface area contributed by atoms with E-state index in [1.807, 2.05) is 6.21 Å². The number of hydrogen-bond donors (Lipinski definition) is 1.